The first-order chi connectivity index (χ1) is 4.99. The van der Waals surface area contributed by atoms with Crippen LogP contribution in [0.25, 0.3) is 0 Å². The van der Waals surface area contributed by atoms with E-state index in [4.69, 9.17) is 23.2 Å². The Morgan fingerprint density at radius 2 is 1.73 bits per heavy atom. The van der Waals surface area contributed by atoms with Gasteiger partial charge in [-0.05, 0) is 12.3 Å². The lowest BCUT2D eigenvalue weighted by molar-refractivity contribution is 0.538. The van der Waals surface area contributed by atoms with Crippen LogP contribution in [0.1, 0.15) is 6.42 Å². The van der Waals surface area contributed by atoms with E-state index in [1.165, 1.54) is 0 Å². The summed E-state index contributed by atoms with van der Waals surface area (Å²) in [5, 5.41) is 0. The van der Waals surface area contributed by atoms with Crippen LogP contribution < -0.4 is 0 Å². The number of rotatable bonds is 5. The minimum atomic E-state index is -4.36. The zero-order valence-corrected chi connectivity index (χ0v) is 8.09. The summed E-state index contributed by atoms with van der Waals surface area (Å²) in [6.07, 6.45) is 0.186. The summed E-state index contributed by atoms with van der Waals surface area (Å²) in [4.78, 5) is 0. The summed E-state index contributed by atoms with van der Waals surface area (Å²) in [5.74, 6) is -0.0846. The molecule has 0 aromatic rings. The van der Waals surface area contributed by atoms with Crippen molar-refractivity contribution in [2.24, 2.45) is 5.92 Å². The van der Waals surface area contributed by atoms with Gasteiger partial charge < -0.3 is 0 Å². The first-order valence-electron chi connectivity index (χ1n) is 3.04. The third kappa shape index (κ3) is 6.84. The highest BCUT2D eigenvalue weighted by Gasteiger charge is 2.12. The average Bonchev–Trinajstić information content (AvgIpc) is 1.88. The Labute approximate surface area is 75.9 Å². The Hall–Kier alpha value is 0.460. The van der Waals surface area contributed by atoms with Crippen LogP contribution in [0, 0.1) is 5.92 Å². The first kappa shape index (κ1) is 11.5. The molecule has 0 rings (SSSR count). The SMILES string of the molecule is O=S(=O)(F)CCC(CCl)CCl. The fourth-order valence-corrected chi connectivity index (χ4v) is 1.76. The summed E-state index contributed by atoms with van der Waals surface area (Å²) in [6, 6.07) is 0. The zero-order chi connectivity index (χ0) is 8.91. The van der Waals surface area contributed by atoms with Crippen molar-refractivity contribution in [1.29, 1.82) is 0 Å². The maximum absolute atomic E-state index is 11.9. The van der Waals surface area contributed by atoms with E-state index in [0.717, 1.165) is 0 Å². The predicted molar refractivity (Wildman–Crippen MR) is 44.4 cm³/mol. The van der Waals surface area contributed by atoms with Crippen molar-refractivity contribution < 1.29 is 12.3 Å². The molecule has 6 heteroatoms. The van der Waals surface area contributed by atoms with E-state index < -0.39 is 16.0 Å². The van der Waals surface area contributed by atoms with E-state index in [1.54, 1.807) is 0 Å². The van der Waals surface area contributed by atoms with E-state index in [1.807, 2.05) is 0 Å². The molecular weight excluding hydrogens is 214 g/mol. The van der Waals surface area contributed by atoms with Crippen molar-refractivity contribution in [3.8, 4) is 0 Å². The Morgan fingerprint density at radius 3 is 2.00 bits per heavy atom. The largest absolute Gasteiger partial charge is 0.302 e. The van der Waals surface area contributed by atoms with Gasteiger partial charge in [-0.3, -0.25) is 0 Å². The van der Waals surface area contributed by atoms with Crippen molar-refractivity contribution in [1.82, 2.24) is 0 Å². The Kier molecular flexibility index (Phi) is 5.38. The second-order valence-electron chi connectivity index (χ2n) is 2.21. The molecule has 0 heterocycles. The molecule has 0 radical (unpaired) electrons. The van der Waals surface area contributed by atoms with Gasteiger partial charge in [-0.25, -0.2) is 0 Å². The quantitative estimate of drug-likeness (QED) is 0.525. The van der Waals surface area contributed by atoms with Crippen LogP contribution in [0.5, 0.6) is 0 Å². The summed E-state index contributed by atoms with van der Waals surface area (Å²) >= 11 is 10.8. The van der Waals surface area contributed by atoms with Gasteiger partial charge in [0.15, 0.2) is 0 Å². The molecule has 0 aliphatic carbocycles. The van der Waals surface area contributed by atoms with Gasteiger partial charge in [0.2, 0.25) is 0 Å². The highest BCUT2D eigenvalue weighted by molar-refractivity contribution is 7.86. The van der Waals surface area contributed by atoms with E-state index in [9.17, 15) is 12.3 Å². The maximum Gasteiger partial charge on any atom is 0.302 e. The van der Waals surface area contributed by atoms with Crippen molar-refractivity contribution >= 4 is 33.4 Å². The van der Waals surface area contributed by atoms with Crippen LogP contribution in [0.3, 0.4) is 0 Å². The molecule has 0 aliphatic heterocycles. The van der Waals surface area contributed by atoms with Gasteiger partial charge in [-0.15, -0.1) is 27.1 Å². The van der Waals surface area contributed by atoms with Crippen LogP contribution >= 0.6 is 23.2 Å². The zero-order valence-electron chi connectivity index (χ0n) is 5.76. The lowest BCUT2D eigenvalue weighted by Crippen LogP contribution is -2.10. The third-order valence-corrected chi connectivity index (χ3v) is 2.80. The van der Waals surface area contributed by atoms with Crippen LogP contribution in [-0.4, -0.2) is 25.9 Å². The first-order valence-corrected chi connectivity index (χ1v) is 5.66. The standard InChI is InChI=1S/C5H9Cl2FO2S/c6-3-5(4-7)1-2-11(8,9)10/h5H,1-4H2. The third-order valence-electron chi connectivity index (χ3n) is 1.21. The van der Waals surface area contributed by atoms with Gasteiger partial charge in [0.05, 0.1) is 5.75 Å². The summed E-state index contributed by atoms with van der Waals surface area (Å²) < 4.78 is 31.9. The minimum absolute atomic E-state index is 0.121. The normalized spacial score (nSPS) is 12.4. The van der Waals surface area contributed by atoms with Gasteiger partial charge in [0, 0.05) is 11.8 Å². The summed E-state index contributed by atoms with van der Waals surface area (Å²) in [5.41, 5.74) is 0. The Morgan fingerprint density at radius 1 is 1.27 bits per heavy atom. The predicted octanol–water partition coefficient (Wildman–Crippen LogP) is 1.77. The molecule has 0 fully saturated rings. The van der Waals surface area contributed by atoms with E-state index >= 15 is 0 Å². The lowest BCUT2D eigenvalue weighted by atomic mass is 10.2. The number of halogens is 3. The number of hydrogen-bond donors (Lipinski definition) is 0. The number of alkyl halides is 2. The molecule has 0 bridgehead atoms. The molecule has 0 amide bonds. The molecule has 0 saturated heterocycles. The Bertz CT molecular complexity index is 189. The monoisotopic (exact) mass is 222 g/mol. The summed E-state index contributed by atoms with van der Waals surface area (Å²) in [7, 11) is -4.36. The molecular formula is C5H9Cl2FO2S. The van der Waals surface area contributed by atoms with Crippen LogP contribution in [0.15, 0.2) is 0 Å². The molecule has 0 spiro atoms. The summed E-state index contributed by atoms with van der Waals surface area (Å²) in [6.45, 7) is 0. The van der Waals surface area contributed by atoms with Crippen molar-refractivity contribution in [3.63, 3.8) is 0 Å². The minimum Gasteiger partial charge on any atom is -0.195 e. The van der Waals surface area contributed by atoms with Crippen LogP contribution in [0.2, 0.25) is 0 Å². The van der Waals surface area contributed by atoms with Crippen molar-refractivity contribution in [2.45, 2.75) is 6.42 Å². The molecule has 68 valence electrons. The fourth-order valence-electron chi connectivity index (χ4n) is 0.503. The lowest BCUT2D eigenvalue weighted by Gasteiger charge is -2.06. The van der Waals surface area contributed by atoms with Crippen LogP contribution in [-0.2, 0) is 10.2 Å². The second kappa shape index (κ2) is 5.17. The Balaban J connectivity index is 3.69. The molecule has 0 aromatic heterocycles. The molecule has 0 saturated carbocycles. The maximum atomic E-state index is 11.9. The highest BCUT2D eigenvalue weighted by atomic mass is 35.5. The molecule has 0 atom stereocenters. The molecule has 0 aromatic carbocycles. The molecule has 0 N–H and O–H groups in total. The van der Waals surface area contributed by atoms with Gasteiger partial charge in [-0.2, -0.15) is 8.42 Å². The molecule has 2 nitrogen and oxygen atoms in total. The van der Waals surface area contributed by atoms with E-state index in [0.29, 0.717) is 0 Å². The van der Waals surface area contributed by atoms with Gasteiger partial charge >= 0.3 is 10.2 Å². The van der Waals surface area contributed by atoms with Gasteiger partial charge in [0.25, 0.3) is 0 Å². The topological polar surface area (TPSA) is 34.1 Å². The van der Waals surface area contributed by atoms with E-state index in [2.05, 4.69) is 0 Å². The molecule has 11 heavy (non-hydrogen) atoms. The van der Waals surface area contributed by atoms with Gasteiger partial charge in [-0.1, -0.05) is 0 Å². The van der Waals surface area contributed by atoms with Crippen molar-refractivity contribution in [3.05, 3.63) is 0 Å². The van der Waals surface area contributed by atoms with Crippen molar-refractivity contribution in [2.75, 3.05) is 17.5 Å². The second-order valence-corrected chi connectivity index (χ2v) is 4.31. The van der Waals surface area contributed by atoms with Gasteiger partial charge in [0.1, 0.15) is 0 Å². The molecule has 0 aliphatic rings. The fraction of sp³-hybridized carbons (Fsp3) is 1.00. The highest BCUT2D eigenvalue weighted by Crippen LogP contribution is 2.10. The number of hydrogen-bond acceptors (Lipinski definition) is 2. The van der Waals surface area contributed by atoms with E-state index in [-0.39, 0.29) is 24.1 Å². The van der Waals surface area contributed by atoms with Crippen LogP contribution in [0.4, 0.5) is 3.89 Å². The average molecular weight is 223 g/mol. The smallest absolute Gasteiger partial charge is 0.195 e. The molecule has 0 unspecified atom stereocenters.